The van der Waals surface area contributed by atoms with Gasteiger partial charge in [-0.1, -0.05) is 0 Å². The number of imidazole rings is 1. The third-order valence-corrected chi connectivity index (χ3v) is 2.79. The first-order valence-electron chi connectivity index (χ1n) is 5.60. The minimum Gasteiger partial charge on any atom is -0.465 e. The number of carbonyl (C=O) groups excluding carboxylic acids is 1. The second kappa shape index (κ2) is 5.35. The van der Waals surface area contributed by atoms with Crippen molar-refractivity contribution in [3.05, 3.63) is 24.3 Å². The van der Waals surface area contributed by atoms with Crippen LogP contribution in [0.3, 0.4) is 0 Å². The number of aromatic nitrogens is 2. The van der Waals surface area contributed by atoms with Gasteiger partial charge in [0.1, 0.15) is 0 Å². The molecule has 2 heterocycles. The highest BCUT2D eigenvalue weighted by molar-refractivity contribution is 5.91. The zero-order valence-corrected chi connectivity index (χ0v) is 9.74. The van der Waals surface area contributed by atoms with Crippen LogP contribution in [-0.4, -0.2) is 63.1 Å². The number of carboxylic acid groups (broad SMARTS) is 1. The Bertz CT molecular complexity index is 447. The third kappa shape index (κ3) is 2.88. The highest BCUT2D eigenvalue weighted by atomic mass is 16.4. The van der Waals surface area contributed by atoms with Crippen molar-refractivity contribution in [2.24, 2.45) is 0 Å². The van der Waals surface area contributed by atoms with Gasteiger partial charge in [0, 0.05) is 32.3 Å². The first kappa shape index (κ1) is 12.2. The quantitative estimate of drug-likeness (QED) is 0.736. The Kier molecular flexibility index (Phi) is 3.61. The normalized spacial score (nSPS) is 16.2. The first-order chi connectivity index (χ1) is 8.66. The van der Waals surface area contributed by atoms with Crippen molar-refractivity contribution < 1.29 is 14.7 Å². The average molecular weight is 250 g/mol. The van der Waals surface area contributed by atoms with E-state index in [2.05, 4.69) is 9.97 Å². The highest BCUT2D eigenvalue weighted by Gasteiger charge is 2.22. The maximum Gasteiger partial charge on any atom is 0.407 e. The van der Waals surface area contributed by atoms with Crippen molar-refractivity contribution >= 4 is 18.1 Å². The van der Waals surface area contributed by atoms with Crippen LogP contribution in [0.15, 0.2) is 18.6 Å². The molecule has 1 fully saturated rings. The standard InChI is InChI=1S/C11H14N4O3/c16-10(2-1-9-7-12-8-13-9)14-3-5-15(6-4-14)11(17)18/h1-2,7-8H,3-6H2,(H,12,13)(H,17,18). The fraction of sp³-hybridized carbons (Fsp3) is 0.364. The second-order valence-corrected chi connectivity index (χ2v) is 3.94. The molecule has 1 aliphatic heterocycles. The van der Waals surface area contributed by atoms with Gasteiger partial charge in [-0.05, 0) is 6.08 Å². The summed E-state index contributed by atoms with van der Waals surface area (Å²) >= 11 is 0. The fourth-order valence-electron chi connectivity index (χ4n) is 1.74. The molecule has 1 aromatic rings. The molecule has 18 heavy (non-hydrogen) atoms. The van der Waals surface area contributed by atoms with Crippen molar-refractivity contribution in [3.8, 4) is 0 Å². The van der Waals surface area contributed by atoms with Gasteiger partial charge in [-0.15, -0.1) is 0 Å². The van der Waals surface area contributed by atoms with Crippen LogP contribution in [0.4, 0.5) is 4.79 Å². The number of nitrogens with zero attached hydrogens (tertiary/aromatic N) is 3. The Morgan fingerprint density at radius 2 is 1.94 bits per heavy atom. The van der Waals surface area contributed by atoms with Crippen molar-refractivity contribution in [2.45, 2.75) is 0 Å². The summed E-state index contributed by atoms with van der Waals surface area (Å²) in [5, 5.41) is 8.79. The monoisotopic (exact) mass is 250 g/mol. The van der Waals surface area contributed by atoms with Crippen LogP contribution < -0.4 is 0 Å². The Morgan fingerprint density at radius 3 is 2.50 bits per heavy atom. The molecule has 1 saturated heterocycles. The van der Waals surface area contributed by atoms with E-state index in [-0.39, 0.29) is 5.91 Å². The van der Waals surface area contributed by atoms with Gasteiger partial charge in [0.05, 0.1) is 18.2 Å². The van der Waals surface area contributed by atoms with E-state index in [0.717, 1.165) is 5.69 Å². The molecule has 0 saturated carbocycles. The van der Waals surface area contributed by atoms with Crippen molar-refractivity contribution in [1.82, 2.24) is 19.8 Å². The molecule has 2 rings (SSSR count). The molecule has 96 valence electrons. The molecule has 7 heteroatoms. The van der Waals surface area contributed by atoms with Crippen LogP contribution in [0, 0.1) is 0 Å². The molecule has 0 unspecified atom stereocenters. The summed E-state index contributed by atoms with van der Waals surface area (Å²) in [7, 11) is 0. The first-order valence-corrected chi connectivity index (χ1v) is 5.60. The highest BCUT2D eigenvalue weighted by Crippen LogP contribution is 2.04. The summed E-state index contributed by atoms with van der Waals surface area (Å²) in [5.41, 5.74) is 0.757. The molecule has 2 N–H and O–H groups in total. The molecule has 0 bridgehead atoms. The lowest BCUT2D eigenvalue weighted by atomic mass is 10.3. The van der Waals surface area contributed by atoms with Gasteiger partial charge < -0.3 is 19.9 Å². The van der Waals surface area contributed by atoms with Gasteiger partial charge in [-0.2, -0.15) is 0 Å². The Balaban J connectivity index is 1.86. The molecule has 0 aromatic carbocycles. The van der Waals surface area contributed by atoms with Gasteiger partial charge in [-0.25, -0.2) is 9.78 Å². The van der Waals surface area contributed by atoms with Gasteiger partial charge in [0.15, 0.2) is 0 Å². The zero-order valence-electron chi connectivity index (χ0n) is 9.74. The minimum absolute atomic E-state index is 0.116. The van der Waals surface area contributed by atoms with Gasteiger partial charge in [0.2, 0.25) is 5.91 Å². The summed E-state index contributed by atoms with van der Waals surface area (Å²) in [5.74, 6) is -0.116. The predicted octanol–water partition coefficient (Wildman–Crippen LogP) is 0.245. The van der Waals surface area contributed by atoms with E-state index in [1.165, 1.54) is 17.3 Å². The number of carbonyl (C=O) groups is 2. The van der Waals surface area contributed by atoms with Crippen LogP contribution in [0.2, 0.25) is 0 Å². The summed E-state index contributed by atoms with van der Waals surface area (Å²) in [4.78, 5) is 32.2. The van der Waals surface area contributed by atoms with Crippen LogP contribution in [0.25, 0.3) is 6.08 Å². The van der Waals surface area contributed by atoms with Gasteiger partial charge >= 0.3 is 6.09 Å². The van der Waals surface area contributed by atoms with E-state index in [0.29, 0.717) is 26.2 Å². The molecule has 0 spiro atoms. The molecule has 0 radical (unpaired) electrons. The Morgan fingerprint density at radius 1 is 1.28 bits per heavy atom. The molecular formula is C11H14N4O3. The van der Waals surface area contributed by atoms with Crippen LogP contribution in [0.1, 0.15) is 5.69 Å². The van der Waals surface area contributed by atoms with E-state index < -0.39 is 6.09 Å². The van der Waals surface area contributed by atoms with Crippen molar-refractivity contribution in [2.75, 3.05) is 26.2 Å². The number of hydrogen-bond acceptors (Lipinski definition) is 3. The van der Waals surface area contributed by atoms with Crippen LogP contribution >= 0.6 is 0 Å². The number of nitrogens with one attached hydrogen (secondary N) is 1. The summed E-state index contributed by atoms with van der Waals surface area (Å²) in [6.45, 7) is 1.58. The number of hydrogen-bond donors (Lipinski definition) is 2. The predicted molar refractivity (Wildman–Crippen MR) is 63.8 cm³/mol. The SMILES string of the molecule is O=C(O)N1CCN(C(=O)C=Cc2cnc[nH]2)CC1. The number of rotatable bonds is 2. The van der Waals surface area contributed by atoms with E-state index in [1.54, 1.807) is 17.2 Å². The third-order valence-electron chi connectivity index (χ3n) is 2.79. The topological polar surface area (TPSA) is 89.5 Å². The lowest BCUT2D eigenvalue weighted by Gasteiger charge is -2.32. The molecule has 1 aromatic heterocycles. The largest absolute Gasteiger partial charge is 0.465 e. The number of H-pyrrole nitrogens is 1. The van der Waals surface area contributed by atoms with E-state index in [4.69, 9.17) is 5.11 Å². The average Bonchev–Trinajstić information content (AvgIpc) is 2.89. The van der Waals surface area contributed by atoms with Gasteiger partial charge in [-0.3, -0.25) is 4.79 Å². The summed E-state index contributed by atoms with van der Waals surface area (Å²) in [6, 6.07) is 0. The summed E-state index contributed by atoms with van der Waals surface area (Å²) < 4.78 is 0. The van der Waals surface area contributed by atoms with Crippen molar-refractivity contribution in [3.63, 3.8) is 0 Å². The maximum absolute atomic E-state index is 11.8. The lowest BCUT2D eigenvalue weighted by molar-refractivity contribution is -0.127. The number of aromatic amines is 1. The minimum atomic E-state index is -0.935. The Hall–Kier alpha value is -2.31. The molecule has 7 nitrogen and oxygen atoms in total. The van der Waals surface area contributed by atoms with Crippen LogP contribution in [0.5, 0.6) is 0 Å². The van der Waals surface area contributed by atoms with Gasteiger partial charge in [0.25, 0.3) is 0 Å². The van der Waals surface area contributed by atoms with Crippen molar-refractivity contribution in [1.29, 1.82) is 0 Å². The number of piperazine rings is 1. The van der Waals surface area contributed by atoms with E-state index >= 15 is 0 Å². The fourth-order valence-corrected chi connectivity index (χ4v) is 1.74. The Labute approximate surface area is 104 Å². The van der Waals surface area contributed by atoms with Crippen LogP contribution in [-0.2, 0) is 4.79 Å². The molecule has 2 amide bonds. The van der Waals surface area contributed by atoms with E-state index in [9.17, 15) is 9.59 Å². The molecule has 1 aliphatic rings. The molecule has 0 aliphatic carbocycles. The molecule has 0 atom stereocenters. The maximum atomic E-state index is 11.8. The second-order valence-electron chi connectivity index (χ2n) is 3.94. The lowest BCUT2D eigenvalue weighted by Crippen LogP contribution is -2.49. The smallest absolute Gasteiger partial charge is 0.407 e. The summed E-state index contributed by atoms with van der Waals surface area (Å²) in [6.07, 6.45) is 5.33. The number of amides is 2. The molecular weight excluding hydrogens is 236 g/mol. The van der Waals surface area contributed by atoms with E-state index in [1.807, 2.05) is 0 Å². The zero-order chi connectivity index (χ0) is 13.0.